The summed E-state index contributed by atoms with van der Waals surface area (Å²) >= 11 is 3.31. The standard InChI is InChI=1S/C44H32P2.C19H16.C12H11N.C6H5Br/c1-5-19-35(20-6-1)45(36-21-7-2-8-22-36)41-31-29-33-17-13-15-27-39(33)43(41)44-40-28-16-14-18-34(40)30-32-42(44)46(37-23-9-3-10-24-37)38-25-11-4-12-26-38;1-3-9-16(10-4-1)15-18-13-7-8-14-19(18)17-11-5-2-6-12-17;13-12-9-5-4-8-11(12)10-6-2-1-3-7-10;7-6-4-2-1-3-5-6/h1-32H;1-14H,15H2;1-9H,13H2;1-5H. The molecule has 0 fully saturated rings. The number of benzene rings is 14. The summed E-state index contributed by atoms with van der Waals surface area (Å²) in [6.07, 6.45) is 0.978. The van der Waals surface area contributed by atoms with Crippen LogP contribution in [0, 0.1) is 0 Å². The van der Waals surface area contributed by atoms with Crippen molar-refractivity contribution in [1.82, 2.24) is 0 Å². The summed E-state index contributed by atoms with van der Waals surface area (Å²) in [5.41, 5.74) is 17.0. The lowest BCUT2D eigenvalue weighted by molar-refractivity contribution is 1.19. The first-order valence-electron chi connectivity index (χ1n) is 28.7. The third kappa shape index (κ3) is 14.6. The number of fused-ring (bicyclic) bond motifs is 2. The van der Waals surface area contributed by atoms with Gasteiger partial charge in [-0.1, -0.05) is 362 Å². The van der Waals surface area contributed by atoms with E-state index in [1.807, 2.05) is 72.8 Å². The zero-order valence-electron chi connectivity index (χ0n) is 47.2. The SMILES string of the molecule is Brc1ccccc1.Nc1ccccc1-c1ccccc1.c1ccc(Cc2ccccc2-c2ccccc2)cc1.c1ccc(P(c2ccccc2)c2ccc3ccccc3c2-c2c(P(c3ccccc3)c3ccccc3)ccc3ccccc23)cc1. The van der Waals surface area contributed by atoms with E-state index in [2.05, 4.69) is 307 Å². The first kappa shape index (κ1) is 57.6. The lowest BCUT2D eigenvalue weighted by atomic mass is 9.93. The van der Waals surface area contributed by atoms with Gasteiger partial charge in [-0.05, 0) is 133 Å². The number of nitrogens with two attached hydrogens (primary N) is 1. The molecule has 0 aliphatic rings. The molecule has 0 radical (unpaired) electrons. The van der Waals surface area contributed by atoms with Crippen molar-refractivity contribution in [2.24, 2.45) is 0 Å². The molecule has 4 heteroatoms. The summed E-state index contributed by atoms with van der Waals surface area (Å²) in [5.74, 6) is 0. The Balaban J connectivity index is 0.000000155. The molecule has 0 atom stereocenters. The van der Waals surface area contributed by atoms with Crippen molar-refractivity contribution in [3.63, 3.8) is 0 Å². The molecular formula is C81H64BrNP2. The molecule has 410 valence electrons. The Morgan fingerprint density at radius 1 is 0.271 bits per heavy atom. The Bertz CT molecular complexity index is 4080. The van der Waals surface area contributed by atoms with Crippen molar-refractivity contribution in [2.75, 3.05) is 5.73 Å². The molecule has 0 amide bonds. The van der Waals surface area contributed by atoms with Crippen molar-refractivity contribution in [2.45, 2.75) is 6.42 Å². The van der Waals surface area contributed by atoms with E-state index in [0.717, 1.165) is 22.1 Å². The first-order valence-corrected chi connectivity index (χ1v) is 32.2. The second kappa shape index (κ2) is 29.3. The normalized spacial score (nSPS) is 10.7. The number of halogens is 1. The minimum Gasteiger partial charge on any atom is -0.398 e. The van der Waals surface area contributed by atoms with Crippen molar-refractivity contribution in [3.05, 3.63) is 380 Å². The molecule has 2 N–H and O–H groups in total. The van der Waals surface area contributed by atoms with E-state index >= 15 is 0 Å². The maximum absolute atomic E-state index is 5.85. The van der Waals surface area contributed by atoms with Crippen LogP contribution in [-0.4, -0.2) is 0 Å². The van der Waals surface area contributed by atoms with Crippen LogP contribution >= 0.6 is 31.8 Å². The fourth-order valence-electron chi connectivity index (χ4n) is 10.8. The third-order valence-electron chi connectivity index (χ3n) is 14.7. The van der Waals surface area contributed by atoms with Gasteiger partial charge < -0.3 is 5.73 Å². The van der Waals surface area contributed by atoms with Crippen molar-refractivity contribution < 1.29 is 0 Å². The van der Waals surface area contributed by atoms with E-state index in [9.17, 15) is 0 Å². The summed E-state index contributed by atoms with van der Waals surface area (Å²) in [6.45, 7) is 0. The summed E-state index contributed by atoms with van der Waals surface area (Å²) in [5, 5.41) is 13.3. The number of anilines is 1. The molecule has 14 aromatic carbocycles. The number of para-hydroxylation sites is 1. The van der Waals surface area contributed by atoms with Crippen LogP contribution in [0.1, 0.15) is 11.1 Å². The van der Waals surface area contributed by atoms with Crippen LogP contribution < -0.4 is 37.6 Å². The highest BCUT2D eigenvalue weighted by Gasteiger charge is 2.28. The van der Waals surface area contributed by atoms with Gasteiger partial charge in [-0.15, -0.1) is 0 Å². The first-order chi connectivity index (χ1) is 42.1. The number of nitrogen functional groups attached to an aromatic ring is 1. The minimum absolute atomic E-state index is 0.828. The summed E-state index contributed by atoms with van der Waals surface area (Å²) in [4.78, 5) is 0. The zero-order chi connectivity index (χ0) is 57.8. The van der Waals surface area contributed by atoms with E-state index in [1.165, 1.54) is 92.3 Å². The van der Waals surface area contributed by atoms with E-state index in [0.29, 0.717) is 0 Å². The highest BCUT2D eigenvalue weighted by atomic mass is 79.9. The number of hydrogen-bond acceptors (Lipinski definition) is 1. The lowest BCUT2D eigenvalue weighted by Gasteiger charge is -2.28. The van der Waals surface area contributed by atoms with Crippen molar-refractivity contribution in [1.29, 1.82) is 0 Å². The van der Waals surface area contributed by atoms with Gasteiger partial charge in [0.2, 0.25) is 0 Å². The molecule has 85 heavy (non-hydrogen) atoms. The van der Waals surface area contributed by atoms with Crippen LogP contribution in [0.5, 0.6) is 0 Å². The highest BCUT2D eigenvalue weighted by molar-refractivity contribution is 9.10. The Morgan fingerprint density at radius 2 is 0.588 bits per heavy atom. The Hall–Kier alpha value is -9.26. The van der Waals surface area contributed by atoms with E-state index in [4.69, 9.17) is 5.73 Å². The molecule has 0 aromatic heterocycles. The molecule has 0 aliphatic carbocycles. The largest absolute Gasteiger partial charge is 0.398 e. The van der Waals surface area contributed by atoms with Gasteiger partial charge in [-0.3, -0.25) is 0 Å². The van der Waals surface area contributed by atoms with Gasteiger partial charge in [0.05, 0.1) is 0 Å². The molecule has 0 heterocycles. The van der Waals surface area contributed by atoms with Gasteiger partial charge in [-0.2, -0.15) is 0 Å². The van der Waals surface area contributed by atoms with Gasteiger partial charge in [0.25, 0.3) is 0 Å². The topological polar surface area (TPSA) is 26.0 Å². The Labute approximate surface area is 512 Å². The molecule has 14 rings (SSSR count). The highest BCUT2D eigenvalue weighted by Crippen LogP contribution is 2.46. The predicted octanol–water partition coefficient (Wildman–Crippen LogP) is 19.5. The third-order valence-corrected chi connectivity index (χ3v) is 20.2. The fraction of sp³-hybridized carbons (Fsp3) is 0.0123. The summed E-state index contributed by atoms with van der Waals surface area (Å²) < 4.78 is 1.13. The fourth-order valence-corrected chi connectivity index (χ4v) is 16.0. The predicted molar refractivity (Wildman–Crippen MR) is 376 cm³/mol. The maximum Gasteiger partial charge on any atom is 0.0393 e. The summed E-state index contributed by atoms with van der Waals surface area (Å²) in [6, 6.07) is 130. The second-order valence-electron chi connectivity index (χ2n) is 20.3. The van der Waals surface area contributed by atoms with Gasteiger partial charge in [-0.25, -0.2) is 0 Å². The van der Waals surface area contributed by atoms with Gasteiger partial charge in [0.1, 0.15) is 0 Å². The molecule has 1 nitrogen and oxygen atoms in total. The second-order valence-corrected chi connectivity index (χ2v) is 25.6. The molecule has 14 aromatic rings. The van der Waals surface area contributed by atoms with Crippen LogP contribution in [0.15, 0.2) is 368 Å². The van der Waals surface area contributed by atoms with Crippen LogP contribution in [0.4, 0.5) is 5.69 Å². The maximum atomic E-state index is 5.85. The monoisotopic (exact) mass is 1190 g/mol. The average Bonchev–Trinajstić information content (AvgIpc) is 3.36. The quantitative estimate of drug-likeness (QED) is 0.101. The van der Waals surface area contributed by atoms with E-state index in [-0.39, 0.29) is 0 Å². The van der Waals surface area contributed by atoms with Crippen LogP contribution in [0.3, 0.4) is 0 Å². The number of hydrogen-bond donors (Lipinski definition) is 1. The molecule has 0 aliphatic heterocycles. The Morgan fingerprint density at radius 3 is 0.988 bits per heavy atom. The van der Waals surface area contributed by atoms with Crippen molar-refractivity contribution >= 4 is 90.8 Å². The van der Waals surface area contributed by atoms with Crippen LogP contribution in [-0.2, 0) is 6.42 Å². The molecule has 0 unspecified atom stereocenters. The summed E-state index contributed by atoms with van der Waals surface area (Å²) in [7, 11) is -1.70. The van der Waals surface area contributed by atoms with Crippen LogP contribution in [0.2, 0.25) is 0 Å². The molecule has 0 bridgehead atoms. The zero-order valence-corrected chi connectivity index (χ0v) is 50.6. The minimum atomic E-state index is -0.852. The van der Waals surface area contributed by atoms with E-state index in [1.54, 1.807) is 0 Å². The molecule has 0 saturated heterocycles. The van der Waals surface area contributed by atoms with Crippen LogP contribution in [0.25, 0.3) is 54.9 Å². The smallest absolute Gasteiger partial charge is 0.0393 e. The van der Waals surface area contributed by atoms with Gasteiger partial charge in [0, 0.05) is 15.7 Å². The van der Waals surface area contributed by atoms with Gasteiger partial charge in [0.15, 0.2) is 0 Å². The molecule has 0 saturated carbocycles. The molecule has 0 spiro atoms. The lowest BCUT2D eigenvalue weighted by Crippen LogP contribution is -2.26. The van der Waals surface area contributed by atoms with E-state index < -0.39 is 15.8 Å². The average molecular weight is 1190 g/mol. The molecular weight excluding hydrogens is 1130 g/mol. The van der Waals surface area contributed by atoms with Gasteiger partial charge >= 0.3 is 0 Å². The number of rotatable bonds is 11. The Kier molecular flexibility index (Phi) is 19.8. The van der Waals surface area contributed by atoms with Crippen molar-refractivity contribution in [3.8, 4) is 33.4 Å².